The summed E-state index contributed by atoms with van der Waals surface area (Å²) in [4.78, 5) is 15.4. The van der Waals surface area contributed by atoms with Crippen molar-refractivity contribution >= 4 is 18.3 Å². The van der Waals surface area contributed by atoms with Gasteiger partial charge in [0.05, 0.1) is 12.5 Å². The molecule has 0 aromatic carbocycles. The number of aromatic nitrogens is 2. The van der Waals surface area contributed by atoms with Gasteiger partial charge in [-0.1, -0.05) is 6.92 Å². The smallest absolute Gasteiger partial charge is 0.269 e. The number of hydrogen-bond donors (Lipinski definition) is 2. The van der Waals surface area contributed by atoms with E-state index in [4.69, 9.17) is 0 Å². The number of rotatable bonds is 6. The number of nitrogens with one attached hydrogen (secondary N) is 2. The van der Waals surface area contributed by atoms with E-state index in [2.05, 4.69) is 22.5 Å². The van der Waals surface area contributed by atoms with Gasteiger partial charge >= 0.3 is 0 Å². The Kier molecular flexibility index (Phi) is 7.58. The van der Waals surface area contributed by atoms with E-state index < -0.39 is 0 Å². The van der Waals surface area contributed by atoms with Gasteiger partial charge in [-0.3, -0.25) is 4.79 Å². The fourth-order valence-corrected chi connectivity index (χ4v) is 1.23. The first-order chi connectivity index (χ1) is 7.25. The van der Waals surface area contributed by atoms with E-state index in [1.165, 1.54) is 0 Å². The molecule has 0 fully saturated rings. The highest BCUT2D eigenvalue weighted by molar-refractivity contribution is 5.92. The van der Waals surface area contributed by atoms with Crippen LogP contribution in [-0.2, 0) is 7.05 Å². The lowest BCUT2D eigenvalue weighted by Crippen LogP contribution is -2.32. The average Bonchev–Trinajstić information content (AvgIpc) is 2.64. The van der Waals surface area contributed by atoms with Gasteiger partial charge in [0.25, 0.3) is 5.91 Å². The van der Waals surface area contributed by atoms with E-state index in [1.807, 2.05) is 0 Å². The maximum Gasteiger partial charge on any atom is 0.269 e. The number of nitrogens with zero attached hydrogens (tertiary/aromatic N) is 2. The van der Waals surface area contributed by atoms with Gasteiger partial charge in [0, 0.05) is 20.1 Å². The van der Waals surface area contributed by atoms with Gasteiger partial charge < -0.3 is 15.2 Å². The lowest BCUT2D eigenvalue weighted by Gasteiger charge is -2.05. The Morgan fingerprint density at radius 3 is 2.75 bits per heavy atom. The molecule has 6 heteroatoms. The summed E-state index contributed by atoms with van der Waals surface area (Å²) in [6.45, 7) is 4.55. The highest BCUT2D eigenvalue weighted by Gasteiger charge is 2.07. The van der Waals surface area contributed by atoms with E-state index in [0.717, 1.165) is 19.5 Å². The van der Waals surface area contributed by atoms with Crippen molar-refractivity contribution in [2.24, 2.45) is 7.05 Å². The van der Waals surface area contributed by atoms with Crippen LogP contribution < -0.4 is 10.6 Å². The molecule has 0 aliphatic carbocycles. The Balaban J connectivity index is 0.00000225. The van der Waals surface area contributed by atoms with Crippen LogP contribution in [0.2, 0.25) is 0 Å². The Bertz CT molecular complexity index is 314. The van der Waals surface area contributed by atoms with Gasteiger partial charge in [0.2, 0.25) is 0 Å². The maximum absolute atomic E-state index is 11.6. The van der Waals surface area contributed by atoms with Crippen LogP contribution in [0.15, 0.2) is 12.5 Å². The summed E-state index contributed by atoms with van der Waals surface area (Å²) in [5.74, 6) is -0.0756. The highest BCUT2D eigenvalue weighted by Crippen LogP contribution is 1.94. The molecule has 0 spiro atoms. The third-order valence-corrected chi connectivity index (χ3v) is 2.06. The summed E-state index contributed by atoms with van der Waals surface area (Å²) in [6.07, 6.45) is 4.29. The van der Waals surface area contributed by atoms with Gasteiger partial charge in [0.1, 0.15) is 5.69 Å². The van der Waals surface area contributed by atoms with E-state index in [1.54, 1.807) is 24.1 Å². The van der Waals surface area contributed by atoms with Crippen LogP contribution in [0, 0.1) is 0 Å². The second-order valence-electron chi connectivity index (χ2n) is 3.40. The topological polar surface area (TPSA) is 58.9 Å². The Labute approximate surface area is 102 Å². The third kappa shape index (κ3) is 4.63. The monoisotopic (exact) mass is 246 g/mol. The second-order valence-corrected chi connectivity index (χ2v) is 3.40. The minimum absolute atomic E-state index is 0. The molecule has 92 valence electrons. The van der Waals surface area contributed by atoms with Gasteiger partial charge in [-0.15, -0.1) is 12.4 Å². The van der Waals surface area contributed by atoms with Crippen molar-refractivity contribution in [1.82, 2.24) is 20.2 Å². The molecule has 0 radical (unpaired) electrons. The predicted octanol–water partition coefficient (Wildman–Crippen LogP) is 0.571. The summed E-state index contributed by atoms with van der Waals surface area (Å²) in [6, 6.07) is 0. The van der Waals surface area contributed by atoms with Crippen LogP contribution in [0.25, 0.3) is 0 Å². The zero-order valence-electron chi connectivity index (χ0n) is 9.69. The molecular weight excluding hydrogens is 228 g/mol. The van der Waals surface area contributed by atoms with E-state index in [-0.39, 0.29) is 18.3 Å². The molecule has 0 aliphatic rings. The fraction of sp³-hybridized carbons (Fsp3) is 0.600. The molecule has 0 saturated carbocycles. The Hall–Kier alpha value is -1.07. The van der Waals surface area contributed by atoms with Gasteiger partial charge in [-0.25, -0.2) is 4.98 Å². The minimum atomic E-state index is -0.0756. The number of carbonyl (C=O) groups excluding carboxylic acids is 1. The number of hydrogen-bond acceptors (Lipinski definition) is 3. The van der Waals surface area contributed by atoms with Crippen molar-refractivity contribution in [3.05, 3.63) is 18.2 Å². The normalized spacial score (nSPS) is 9.62. The third-order valence-electron chi connectivity index (χ3n) is 2.06. The molecule has 16 heavy (non-hydrogen) atoms. The number of amides is 1. The molecule has 1 aromatic rings. The van der Waals surface area contributed by atoms with Gasteiger partial charge in [0.15, 0.2) is 0 Å². The number of carbonyl (C=O) groups is 1. The van der Waals surface area contributed by atoms with Crippen LogP contribution in [0.4, 0.5) is 0 Å². The molecule has 0 saturated heterocycles. The Morgan fingerprint density at radius 2 is 2.19 bits per heavy atom. The van der Waals surface area contributed by atoms with Crippen LogP contribution in [0.1, 0.15) is 23.8 Å². The van der Waals surface area contributed by atoms with Crippen molar-refractivity contribution in [2.45, 2.75) is 13.3 Å². The largest absolute Gasteiger partial charge is 0.349 e. The first kappa shape index (κ1) is 14.9. The standard InChI is InChI=1S/C10H18N4O.ClH/c1-3-4-11-5-6-13-10(15)9-7-12-8-14(9)2;/h7-8,11H,3-6H2,1-2H3,(H,13,15);1H. The summed E-state index contributed by atoms with van der Waals surface area (Å²) < 4.78 is 1.70. The van der Waals surface area contributed by atoms with Gasteiger partial charge in [-0.2, -0.15) is 0 Å². The van der Waals surface area contributed by atoms with E-state index in [0.29, 0.717) is 12.2 Å². The van der Waals surface area contributed by atoms with Crippen molar-refractivity contribution in [3.63, 3.8) is 0 Å². The molecule has 0 unspecified atom stereocenters. The summed E-state index contributed by atoms with van der Waals surface area (Å²) >= 11 is 0. The average molecular weight is 247 g/mol. The first-order valence-corrected chi connectivity index (χ1v) is 5.21. The highest BCUT2D eigenvalue weighted by atomic mass is 35.5. The van der Waals surface area contributed by atoms with Crippen LogP contribution in [-0.4, -0.2) is 35.1 Å². The molecule has 0 aliphatic heterocycles. The molecule has 1 aromatic heterocycles. The van der Waals surface area contributed by atoms with Crippen molar-refractivity contribution in [3.8, 4) is 0 Å². The zero-order valence-corrected chi connectivity index (χ0v) is 10.5. The molecule has 0 bridgehead atoms. The first-order valence-electron chi connectivity index (χ1n) is 5.21. The zero-order chi connectivity index (χ0) is 11.1. The Morgan fingerprint density at radius 1 is 1.44 bits per heavy atom. The molecule has 1 heterocycles. The maximum atomic E-state index is 11.6. The second kappa shape index (κ2) is 8.13. The predicted molar refractivity (Wildman–Crippen MR) is 65.9 cm³/mol. The van der Waals surface area contributed by atoms with Crippen LogP contribution >= 0.6 is 12.4 Å². The van der Waals surface area contributed by atoms with Gasteiger partial charge in [-0.05, 0) is 13.0 Å². The number of imidazole rings is 1. The summed E-state index contributed by atoms with van der Waals surface area (Å²) in [7, 11) is 1.80. The number of aryl methyl sites for hydroxylation is 1. The quantitative estimate of drug-likeness (QED) is 0.722. The molecule has 1 rings (SSSR count). The number of halogens is 1. The van der Waals surface area contributed by atoms with E-state index >= 15 is 0 Å². The minimum Gasteiger partial charge on any atom is -0.349 e. The molecule has 5 nitrogen and oxygen atoms in total. The molecule has 0 atom stereocenters. The molecular formula is C10H19ClN4O. The van der Waals surface area contributed by atoms with Crippen molar-refractivity contribution in [1.29, 1.82) is 0 Å². The molecule has 1 amide bonds. The van der Waals surface area contributed by atoms with Crippen LogP contribution in [0.5, 0.6) is 0 Å². The summed E-state index contributed by atoms with van der Waals surface area (Å²) in [5, 5.41) is 6.04. The SMILES string of the molecule is CCCNCCNC(=O)c1cncn1C.Cl. The summed E-state index contributed by atoms with van der Waals surface area (Å²) in [5.41, 5.74) is 0.588. The lowest BCUT2D eigenvalue weighted by atomic mass is 10.4. The van der Waals surface area contributed by atoms with E-state index in [9.17, 15) is 4.79 Å². The van der Waals surface area contributed by atoms with Crippen LogP contribution in [0.3, 0.4) is 0 Å². The molecule has 2 N–H and O–H groups in total. The lowest BCUT2D eigenvalue weighted by molar-refractivity contribution is 0.0946. The van der Waals surface area contributed by atoms with Crippen molar-refractivity contribution in [2.75, 3.05) is 19.6 Å². The van der Waals surface area contributed by atoms with Crippen molar-refractivity contribution < 1.29 is 4.79 Å². The fourth-order valence-electron chi connectivity index (χ4n) is 1.23.